The van der Waals surface area contributed by atoms with Crippen LogP contribution in [-0.2, 0) is 11.3 Å². The summed E-state index contributed by atoms with van der Waals surface area (Å²) in [6.07, 6.45) is 1.75. The van der Waals surface area contributed by atoms with E-state index in [-0.39, 0.29) is 0 Å². The van der Waals surface area contributed by atoms with Crippen LogP contribution in [0.25, 0.3) is 0 Å². The number of rotatable bonds is 3. The van der Waals surface area contributed by atoms with Gasteiger partial charge in [0.25, 0.3) is 0 Å². The van der Waals surface area contributed by atoms with E-state index in [1.165, 1.54) is 5.56 Å². The monoisotopic (exact) mass is 237 g/mol. The summed E-state index contributed by atoms with van der Waals surface area (Å²) in [6.45, 7) is 4.48. The maximum Gasteiger partial charge on any atom is 0.122 e. The maximum atomic E-state index is 5.55. The maximum absolute atomic E-state index is 5.55. The van der Waals surface area contributed by atoms with Crippen molar-refractivity contribution in [3.63, 3.8) is 0 Å². The van der Waals surface area contributed by atoms with Crippen LogP contribution in [-0.4, -0.2) is 41.2 Å². The molecule has 0 radical (unpaired) electrons. The molecule has 2 N–H and O–H groups in total. The molecule has 16 heavy (non-hydrogen) atoms. The number of hydrogen-bond acceptors (Lipinski definition) is 4. The molecule has 0 bridgehead atoms. The van der Waals surface area contributed by atoms with Crippen LogP contribution in [0.5, 0.6) is 0 Å². The molecule has 0 amide bonds. The molecule has 86 valence electrons. The molecule has 0 unspecified atom stereocenters. The van der Waals surface area contributed by atoms with E-state index in [1.807, 2.05) is 12.1 Å². The molecule has 0 spiro atoms. The third-order valence-corrected chi connectivity index (χ3v) is 2.80. The first-order valence-electron chi connectivity index (χ1n) is 5.30. The van der Waals surface area contributed by atoms with Gasteiger partial charge in [-0.05, 0) is 17.7 Å². The second-order valence-electron chi connectivity index (χ2n) is 3.80. The van der Waals surface area contributed by atoms with Crippen molar-refractivity contribution in [3.8, 4) is 0 Å². The van der Waals surface area contributed by atoms with Crippen LogP contribution in [0.15, 0.2) is 18.3 Å². The van der Waals surface area contributed by atoms with E-state index < -0.39 is 0 Å². The molecule has 4 nitrogen and oxygen atoms in total. The zero-order valence-corrected chi connectivity index (χ0v) is 9.87. The highest BCUT2D eigenvalue weighted by atomic mass is 32.1. The summed E-state index contributed by atoms with van der Waals surface area (Å²) in [5, 5.41) is 0. The zero-order valence-electron chi connectivity index (χ0n) is 9.06. The molecule has 1 fully saturated rings. The molecule has 0 aliphatic carbocycles. The number of morpholine rings is 1. The molecule has 1 aromatic rings. The average molecular weight is 237 g/mol. The van der Waals surface area contributed by atoms with Crippen LogP contribution in [0.2, 0.25) is 0 Å². The van der Waals surface area contributed by atoms with Crippen molar-refractivity contribution in [3.05, 3.63) is 29.6 Å². The van der Waals surface area contributed by atoms with Gasteiger partial charge in [0.2, 0.25) is 0 Å². The molecule has 0 aromatic carbocycles. The van der Waals surface area contributed by atoms with E-state index in [4.69, 9.17) is 22.7 Å². The van der Waals surface area contributed by atoms with Crippen molar-refractivity contribution in [2.24, 2.45) is 5.73 Å². The molecule has 2 rings (SSSR count). The van der Waals surface area contributed by atoms with Gasteiger partial charge in [-0.1, -0.05) is 12.2 Å². The van der Waals surface area contributed by atoms with Gasteiger partial charge >= 0.3 is 0 Å². The van der Waals surface area contributed by atoms with Crippen LogP contribution in [0, 0.1) is 0 Å². The second-order valence-corrected chi connectivity index (χ2v) is 4.24. The Hall–Kier alpha value is -1.04. The minimum Gasteiger partial charge on any atom is -0.388 e. The van der Waals surface area contributed by atoms with Gasteiger partial charge in [-0.15, -0.1) is 0 Å². The lowest BCUT2D eigenvalue weighted by Gasteiger charge is -2.26. The molecular formula is C11H15N3OS. The molecule has 0 saturated carbocycles. The van der Waals surface area contributed by atoms with Crippen LogP contribution >= 0.6 is 12.2 Å². The molecular weight excluding hydrogens is 222 g/mol. The fourth-order valence-corrected chi connectivity index (χ4v) is 1.84. The SMILES string of the molecule is NC(=S)c1cc(CN2CCOCC2)ccn1. The van der Waals surface area contributed by atoms with E-state index in [1.54, 1.807) is 6.20 Å². The highest BCUT2D eigenvalue weighted by molar-refractivity contribution is 7.80. The Morgan fingerprint density at radius 2 is 2.25 bits per heavy atom. The first-order valence-corrected chi connectivity index (χ1v) is 5.71. The summed E-state index contributed by atoms with van der Waals surface area (Å²) in [4.78, 5) is 6.82. The van der Waals surface area contributed by atoms with Crippen molar-refractivity contribution < 1.29 is 4.74 Å². The predicted molar refractivity (Wildman–Crippen MR) is 66.2 cm³/mol. The summed E-state index contributed by atoms with van der Waals surface area (Å²) in [7, 11) is 0. The van der Waals surface area contributed by atoms with Crippen LogP contribution in [0.4, 0.5) is 0 Å². The number of pyridine rings is 1. The fourth-order valence-electron chi connectivity index (χ4n) is 1.72. The number of aromatic nitrogens is 1. The normalized spacial score (nSPS) is 17.2. The second kappa shape index (κ2) is 5.34. The van der Waals surface area contributed by atoms with Gasteiger partial charge in [-0.25, -0.2) is 0 Å². The summed E-state index contributed by atoms with van der Waals surface area (Å²) < 4.78 is 5.30. The van der Waals surface area contributed by atoms with Crippen molar-refractivity contribution >= 4 is 17.2 Å². The Morgan fingerprint density at radius 3 is 2.94 bits per heavy atom. The summed E-state index contributed by atoms with van der Waals surface area (Å²) in [6, 6.07) is 3.95. The lowest BCUT2D eigenvalue weighted by molar-refractivity contribution is 0.0342. The lowest BCUT2D eigenvalue weighted by atomic mass is 10.2. The quantitative estimate of drug-likeness (QED) is 0.778. The van der Waals surface area contributed by atoms with Gasteiger partial charge in [0.05, 0.1) is 18.9 Å². The molecule has 1 aliphatic rings. The zero-order chi connectivity index (χ0) is 11.4. The van der Waals surface area contributed by atoms with Crippen molar-refractivity contribution in [2.45, 2.75) is 6.54 Å². The standard InChI is InChI=1S/C11H15N3OS/c12-11(16)10-7-9(1-2-13-10)8-14-3-5-15-6-4-14/h1-2,7H,3-6,8H2,(H2,12,16). The highest BCUT2D eigenvalue weighted by Crippen LogP contribution is 2.07. The third-order valence-electron chi connectivity index (χ3n) is 2.59. The number of nitrogens with two attached hydrogens (primary N) is 1. The van der Waals surface area contributed by atoms with Gasteiger partial charge < -0.3 is 10.5 Å². The third kappa shape index (κ3) is 2.98. The summed E-state index contributed by atoms with van der Waals surface area (Å²) >= 11 is 4.91. The first kappa shape index (κ1) is 11.4. The number of ether oxygens (including phenoxy) is 1. The Kier molecular flexibility index (Phi) is 3.82. The minimum absolute atomic E-state index is 0.351. The fraction of sp³-hybridized carbons (Fsp3) is 0.455. The molecule has 0 atom stereocenters. The number of thiocarbonyl (C=S) groups is 1. The van der Waals surface area contributed by atoms with Gasteiger partial charge in [0, 0.05) is 25.8 Å². The number of nitrogens with zero attached hydrogens (tertiary/aromatic N) is 2. The molecule has 1 aliphatic heterocycles. The average Bonchev–Trinajstić information content (AvgIpc) is 2.30. The summed E-state index contributed by atoms with van der Waals surface area (Å²) in [5.74, 6) is 0. The Labute approximate surface area is 100 Å². The van der Waals surface area contributed by atoms with Gasteiger partial charge in [-0.3, -0.25) is 9.88 Å². The van der Waals surface area contributed by atoms with Crippen molar-refractivity contribution in [2.75, 3.05) is 26.3 Å². The van der Waals surface area contributed by atoms with Crippen LogP contribution < -0.4 is 5.73 Å². The predicted octanol–water partition coefficient (Wildman–Crippen LogP) is 0.548. The minimum atomic E-state index is 0.351. The molecule has 1 aromatic heterocycles. The van der Waals surface area contributed by atoms with Crippen LogP contribution in [0.3, 0.4) is 0 Å². The largest absolute Gasteiger partial charge is 0.388 e. The molecule has 5 heteroatoms. The van der Waals surface area contributed by atoms with Crippen molar-refractivity contribution in [1.29, 1.82) is 0 Å². The molecule has 2 heterocycles. The molecule has 1 saturated heterocycles. The van der Waals surface area contributed by atoms with Crippen LogP contribution in [0.1, 0.15) is 11.3 Å². The topological polar surface area (TPSA) is 51.4 Å². The van der Waals surface area contributed by atoms with Gasteiger partial charge in [0.1, 0.15) is 4.99 Å². The van der Waals surface area contributed by atoms with Gasteiger partial charge in [0.15, 0.2) is 0 Å². The smallest absolute Gasteiger partial charge is 0.122 e. The Balaban J connectivity index is 2.02. The summed E-state index contributed by atoms with van der Waals surface area (Å²) in [5.41, 5.74) is 7.44. The number of hydrogen-bond donors (Lipinski definition) is 1. The van der Waals surface area contributed by atoms with E-state index >= 15 is 0 Å². The lowest BCUT2D eigenvalue weighted by Crippen LogP contribution is -2.35. The van der Waals surface area contributed by atoms with E-state index in [2.05, 4.69) is 9.88 Å². The van der Waals surface area contributed by atoms with E-state index in [0.717, 1.165) is 32.8 Å². The first-order chi connectivity index (χ1) is 7.75. The Bertz CT molecular complexity index is 377. The van der Waals surface area contributed by atoms with E-state index in [9.17, 15) is 0 Å². The van der Waals surface area contributed by atoms with Crippen molar-refractivity contribution in [1.82, 2.24) is 9.88 Å². The Morgan fingerprint density at radius 1 is 1.50 bits per heavy atom. The highest BCUT2D eigenvalue weighted by Gasteiger charge is 2.11. The van der Waals surface area contributed by atoms with E-state index in [0.29, 0.717) is 10.7 Å². The van der Waals surface area contributed by atoms with Gasteiger partial charge in [-0.2, -0.15) is 0 Å².